The van der Waals surface area contributed by atoms with Gasteiger partial charge in [-0.3, -0.25) is 5.10 Å². The Morgan fingerprint density at radius 2 is 1.89 bits per heavy atom. The number of hydrogen-bond acceptors (Lipinski definition) is 7. The monoisotopic (exact) mass is 362 g/mol. The van der Waals surface area contributed by atoms with Crippen LogP contribution in [0, 0.1) is 0 Å². The summed E-state index contributed by atoms with van der Waals surface area (Å²) in [6.45, 7) is 3.38. The number of ether oxygens (including phenoxy) is 1. The van der Waals surface area contributed by atoms with Crippen molar-refractivity contribution in [2.24, 2.45) is 0 Å². The third-order valence-corrected chi connectivity index (χ3v) is 4.55. The molecule has 1 aromatic carbocycles. The van der Waals surface area contributed by atoms with Crippen LogP contribution in [0.1, 0.15) is 0 Å². The number of furan rings is 1. The molecule has 4 aromatic rings. The van der Waals surface area contributed by atoms with Crippen LogP contribution >= 0.6 is 0 Å². The first kappa shape index (κ1) is 15.8. The van der Waals surface area contributed by atoms with E-state index < -0.39 is 0 Å². The molecular formula is C19H18N6O2. The minimum Gasteiger partial charge on any atom is -0.461 e. The van der Waals surface area contributed by atoms with Gasteiger partial charge in [-0.2, -0.15) is 5.10 Å². The van der Waals surface area contributed by atoms with Crippen LogP contribution in [0.4, 0.5) is 17.2 Å². The van der Waals surface area contributed by atoms with Gasteiger partial charge in [0.2, 0.25) is 0 Å². The maximum Gasteiger partial charge on any atom is 0.198 e. The van der Waals surface area contributed by atoms with E-state index >= 15 is 0 Å². The zero-order chi connectivity index (χ0) is 18.1. The quantitative estimate of drug-likeness (QED) is 0.576. The van der Waals surface area contributed by atoms with Gasteiger partial charge in [0.15, 0.2) is 17.4 Å². The topological polar surface area (TPSA) is 92.1 Å². The first-order valence-electron chi connectivity index (χ1n) is 8.81. The Morgan fingerprint density at radius 1 is 1.04 bits per heavy atom. The number of H-pyrrole nitrogens is 1. The van der Waals surface area contributed by atoms with Crippen LogP contribution in [0.3, 0.4) is 0 Å². The zero-order valence-electron chi connectivity index (χ0n) is 14.6. The summed E-state index contributed by atoms with van der Waals surface area (Å²) in [6, 6.07) is 11.9. The second kappa shape index (κ2) is 6.73. The first-order chi connectivity index (χ1) is 13.4. The van der Waals surface area contributed by atoms with E-state index in [4.69, 9.17) is 9.15 Å². The number of hydrogen-bond donors (Lipinski definition) is 2. The standard InChI is InChI=1S/C19H18N6O2/c1-2-16(27-9-1)18-22-15-12-20-24-17(15)19(23-18)21-13-3-5-14(6-4-13)25-7-10-26-11-8-25/h1-6,9,12H,7-8,10-11H2,(H,20,24)(H,21,22,23). The smallest absolute Gasteiger partial charge is 0.198 e. The highest BCUT2D eigenvalue weighted by Gasteiger charge is 2.14. The number of benzene rings is 1. The number of nitrogens with one attached hydrogen (secondary N) is 2. The van der Waals surface area contributed by atoms with E-state index in [1.165, 1.54) is 5.69 Å². The highest BCUT2D eigenvalue weighted by molar-refractivity contribution is 5.88. The Labute approximate surface area is 155 Å². The molecule has 0 unspecified atom stereocenters. The maximum absolute atomic E-state index is 5.43. The van der Waals surface area contributed by atoms with Gasteiger partial charge in [-0.05, 0) is 36.4 Å². The molecule has 4 heterocycles. The molecule has 0 amide bonds. The molecule has 0 spiro atoms. The molecule has 1 aliphatic heterocycles. The Hall–Kier alpha value is -3.39. The third-order valence-electron chi connectivity index (χ3n) is 4.55. The zero-order valence-corrected chi connectivity index (χ0v) is 14.6. The van der Waals surface area contributed by atoms with Gasteiger partial charge in [0.25, 0.3) is 0 Å². The lowest BCUT2D eigenvalue weighted by Crippen LogP contribution is -2.36. The lowest BCUT2D eigenvalue weighted by molar-refractivity contribution is 0.122. The molecule has 1 fully saturated rings. The summed E-state index contributed by atoms with van der Waals surface area (Å²) in [5.74, 6) is 1.79. The van der Waals surface area contributed by atoms with Gasteiger partial charge < -0.3 is 19.4 Å². The summed E-state index contributed by atoms with van der Waals surface area (Å²) in [6.07, 6.45) is 3.28. The predicted octanol–water partition coefficient (Wildman–Crippen LogP) is 3.19. The summed E-state index contributed by atoms with van der Waals surface area (Å²) in [7, 11) is 0. The second-order valence-electron chi connectivity index (χ2n) is 6.27. The Kier molecular flexibility index (Phi) is 3.95. The molecule has 0 radical (unpaired) electrons. The summed E-state index contributed by atoms with van der Waals surface area (Å²) in [4.78, 5) is 11.4. The second-order valence-corrected chi connectivity index (χ2v) is 6.27. The van der Waals surface area contributed by atoms with Crippen molar-refractivity contribution in [2.45, 2.75) is 0 Å². The molecule has 3 aromatic heterocycles. The van der Waals surface area contributed by atoms with Crippen LogP contribution in [-0.4, -0.2) is 46.5 Å². The minimum absolute atomic E-state index is 0.515. The fourth-order valence-electron chi connectivity index (χ4n) is 3.16. The van der Waals surface area contributed by atoms with Gasteiger partial charge >= 0.3 is 0 Å². The number of fused-ring (bicyclic) bond motifs is 1. The number of aromatic amines is 1. The van der Waals surface area contributed by atoms with Crippen LogP contribution in [-0.2, 0) is 4.74 Å². The molecule has 0 bridgehead atoms. The molecular weight excluding hydrogens is 344 g/mol. The molecule has 0 saturated carbocycles. The Balaban J connectivity index is 1.44. The average Bonchev–Trinajstić information content (AvgIpc) is 3.41. The molecule has 1 aliphatic rings. The normalized spacial score (nSPS) is 14.6. The molecule has 2 N–H and O–H groups in total. The molecule has 5 rings (SSSR count). The predicted molar refractivity (Wildman–Crippen MR) is 102 cm³/mol. The first-order valence-corrected chi connectivity index (χ1v) is 8.81. The van der Waals surface area contributed by atoms with Gasteiger partial charge in [0, 0.05) is 24.5 Å². The fraction of sp³-hybridized carbons (Fsp3) is 0.211. The van der Waals surface area contributed by atoms with Gasteiger partial charge in [-0.25, -0.2) is 9.97 Å². The maximum atomic E-state index is 5.43. The van der Waals surface area contributed by atoms with Crippen molar-refractivity contribution >= 4 is 28.2 Å². The number of anilines is 3. The number of rotatable bonds is 4. The molecule has 1 saturated heterocycles. The van der Waals surface area contributed by atoms with Crippen LogP contribution in [0.25, 0.3) is 22.6 Å². The van der Waals surface area contributed by atoms with Crippen LogP contribution < -0.4 is 10.2 Å². The summed E-state index contributed by atoms with van der Waals surface area (Å²) < 4.78 is 10.8. The van der Waals surface area contributed by atoms with Crippen molar-refractivity contribution in [1.82, 2.24) is 20.2 Å². The van der Waals surface area contributed by atoms with Gasteiger partial charge in [-0.15, -0.1) is 0 Å². The molecule has 8 nitrogen and oxygen atoms in total. The van der Waals surface area contributed by atoms with E-state index in [-0.39, 0.29) is 0 Å². The molecule has 27 heavy (non-hydrogen) atoms. The van der Waals surface area contributed by atoms with E-state index in [2.05, 4.69) is 42.5 Å². The highest BCUT2D eigenvalue weighted by Crippen LogP contribution is 2.27. The molecule has 0 atom stereocenters. The summed E-state index contributed by atoms with van der Waals surface area (Å²) in [5.41, 5.74) is 3.60. The van der Waals surface area contributed by atoms with Gasteiger partial charge in [0.05, 0.1) is 25.7 Å². The lowest BCUT2D eigenvalue weighted by Gasteiger charge is -2.28. The van der Waals surface area contributed by atoms with Crippen molar-refractivity contribution < 1.29 is 9.15 Å². The minimum atomic E-state index is 0.515. The summed E-state index contributed by atoms with van der Waals surface area (Å²) in [5, 5.41) is 10.4. The van der Waals surface area contributed by atoms with Crippen molar-refractivity contribution in [2.75, 3.05) is 36.5 Å². The van der Waals surface area contributed by atoms with E-state index in [0.29, 0.717) is 17.4 Å². The van der Waals surface area contributed by atoms with Crippen molar-refractivity contribution in [3.8, 4) is 11.6 Å². The molecule has 136 valence electrons. The van der Waals surface area contributed by atoms with Gasteiger partial charge in [-0.1, -0.05) is 0 Å². The number of nitrogens with zero attached hydrogens (tertiary/aromatic N) is 4. The van der Waals surface area contributed by atoms with E-state index in [0.717, 1.165) is 43.0 Å². The van der Waals surface area contributed by atoms with Crippen LogP contribution in [0.15, 0.2) is 53.3 Å². The van der Waals surface area contributed by atoms with E-state index in [9.17, 15) is 0 Å². The van der Waals surface area contributed by atoms with Crippen LogP contribution in [0.5, 0.6) is 0 Å². The molecule has 0 aliphatic carbocycles. The SMILES string of the molecule is c1coc(-c2nc(Nc3ccc(N4CCOCC4)cc3)c3[nH]ncc3n2)c1. The Bertz CT molecular complexity index is 1040. The Morgan fingerprint density at radius 3 is 2.67 bits per heavy atom. The summed E-state index contributed by atoms with van der Waals surface area (Å²) >= 11 is 0. The van der Waals surface area contributed by atoms with E-state index in [1.54, 1.807) is 12.5 Å². The van der Waals surface area contributed by atoms with E-state index in [1.807, 2.05) is 24.3 Å². The van der Waals surface area contributed by atoms with Crippen molar-refractivity contribution in [1.29, 1.82) is 0 Å². The lowest BCUT2D eigenvalue weighted by atomic mass is 10.2. The van der Waals surface area contributed by atoms with Crippen molar-refractivity contribution in [3.63, 3.8) is 0 Å². The highest BCUT2D eigenvalue weighted by atomic mass is 16.5. The fourth-order valence-corrected chi connectivity index (χ4v) is 3.16. The van der Waals surface area contributed by atoms with Crippen molar-refractivity contribution in [3.05, 3.63) is 48.9 Å². The average molecular weight is 362 g/mol. The number of aromatic nitrogens is 4. The molecule has 8 heteroatoms. The van der Waals surface area contributed by atoms with Crippen LogP contribution in [0.2, 0.25) is 0 Å². The third kappa shape index (κ3) is 3.11. The largest absolute Gasteiger partial charge is 0.461 e. The van der Waals surface area contributed by atoms with Gasteiger partial charge in [0.1, 0.15) is 11.0 Å². The number of morpholine rings is 1.